The van der Waals surface area contributed by atoms with Gasteiger partial charge in [-0.15, -0.1) is 0 Å². The van der Waals surface area contributed by atoms with Crippen LogP contribution in [0, 0.1) is 0 Å². The second-order valence-corrected chi connectivity index (χ2v) is 8.73. The van der Waals surface area contributed by atoms with Gasteiger partial charge in [0, 0.05) is 37.7 Å². The van der Waals surface area contributed by atoms with Crippen LogP contribution in [-0.2, 0) is 13.0 Å². The summed E-state index contributed by atoms with van der Waals surface area (Å²) in [7, 11) is 0. The van der Waals surface area contributed by atoms with Crippen LogP contribution in [0.15, 0.2) is 23.0 Å². The first-order chi connectivity index (χ1) is 14.7. The van der Waals surface area contributed by atoms with Crippen molar-refractivity contribution in [3.63, 3.8) is 0 Å². The summed E-state index contributed by atoms with van der Waals surface area (Å²) < 4.78 is 1.82. The smallest absolute Gasteiger partial charge is 0.261 e. The quantitative estimate of drug-likeness (QED) is 0.740. The maximum Gasteiger partial charge on any atom is 0.261 e. The average molecular weight is 411 g/mol. The summed E-state index contributed by atoms with van der Waals surface area (Å²) in [5, 5.41) is 3.65. The number of hydrogen-bond acceptors (Lipinski definition) is 4. The van der Waals surface area contributed by atoms with Gasteiger partial charge in [-0.2, -0.15) is 0 Å². The standard InChI is InChI=1S/C24H34N4O2/c1-2-19-9-5-7-14-27(19)15-8-13-25-23(29)18-11-12-20-21(17-18)26-22-10-4-3-6-16-28(22)24(20)30/h11-12,17,19H,2-10,13-16H2,1H3,(H,25,29)/t19-/m1/s1. The summed E-state index contributed by atoms with van der Waals surface area (Å²) in [5.41, 5.74) is 1.24. The molecule has 6 nitrogen and oxygen atoms in total. The van der Waals surface area contributed by atoms with E-state index < -0.39 is 0 Å². The van der Waals surface area contributed by atoms with Crippen LogP contribution in [0.2, 0.25) is 0 Å². The number of nitrogens with one attached hydrogen (secondary N) is 1. The van der Waals surface area contributed by atoms with E-state index in [0.717, 1.165) is 51.0 Å². The predicted molar refractivity (Wildman–Crippen MR) is 120 cm³/mol. The van der Waals surface area contributed by atoms with E-state index >= 15 is 0 Å². The molecule has 0 unspecified atom stereocenters. The van der Waals surface area contributed by atoms with Crippen molar-refractivity contribution >= 4 is 16.8 Å². The molecular weight excluding hydrogens is 376 g/mol. The van der Waals surface area contributed by atoms with E-state index in [1.54, 1.807) is 18.2 Å². The minimum absolute atomic E-state index is 0.0240. The van der Waals surface area contributed by atoms with Crippen molar-refractivity contribution in [2.75, 3.05) is 19.6 Å². The molecule has 1 fully saturated rings. The second kappa shape index (κ2) is 9.73. The van der Waals surface area contributed by atoms with Gasteiger partial charge in [0.25, 0.3) is 11.5 Å². The first-order valence-electron chi connectivity index (χ1n) is 11.7. The Morgan fingerprint density at radius 2 is 2.03 bits per heavy atom. The van der Waals surface area contributed by atoms with E-state index in [2.05, 4.69) is 17.1 Å². The second-order valence-electron chi connectivity index (χ2n) is 8.73. The molecule has 2 aromatic rings. The predicted octanol–water partition coefficient (Wildman–Crippen LogP) is 3.51. The Hall–Kier alpha value is -2.21. The summed E-state index contributed by atoms with van der Waals surface area (Å²) in [6.45, 7) is 5.91. The Morgan fingerprint density at radius 3 is 2.90 bits per heavy atom. The number of aromatic nitrogens is 2. The van der Waals surface area contributed by atoms with Crippen LogP contribution in [0.25, 0.3) is 10.9 Å². The maximum atomic E-state index is 12.8. The number of carbonyl (C=O) groups excluding carboxylic acids is 1. The number of nitrogens with zero attached hydrogens (tertiary/aromatic N) is 3. The largest absolute Gasteiger partial charge is 0.352 e. The molecule has 1 aromatic heterocycles. The number of fused-ring (bicyclic) bond motifs is 2. The number of rotatable bonds is 6. The molecule has 0 radical (unpaired) electrons. The number of piperidine rings is 1. The summed E-state index contributed by atoms with van der Waals surface area (Å²) in [4.78, 5) is 32.8. The number of aryl methyl sites for hydroxylation is 1. The lowest BCUT2D eigenvalue weighted by molar-refractivity contribution is 0.0947. The molecule has 4 rings (SSSR count). The summed E-state index contributed by atoms with van der Waals surface area (Å²) >= 11 is 0. The SMILES string of the molecule is CC[C@@H]1CCCCN1CCCNC(=O)c1ccc2c(=O)n3c(nc2c1)CCCCC3. The highest BCUT2D eigenvalue weighted by molar-refractivity contribution is 5.97. The molecule has 6 heteroatoms. The van der Waals surface area contributed by atoms with Gasteiger partial charge in [0.05, 0.1) is 10.9 Å². The van der Waals surface area contributed by atoms with Crippen LogP contribution in [-0.4, -0.2) is 46.0 Å². The van der Waals surface area contributed by atoms with Gasteiger partial charge in [0.2, 0.25) is 0 Å². The minimum Gasteiger partial charge on any atom is -0.352 e. The summed E-state index contributed by atoms with van der Waals surface area (Å²) in [6, 6.07) is 5.99. The molecule has 1 amide bonds. The van der Waals surface area contributed by atoms with Gasteiger partial charge in [-0.05, 0) is 63.3 Å². The fourth-order valence-corrected chi connectivity index (χ4v) is 4.96. The molecule has 0 saturated carbocycles. The van der Waals surface area contributed by atoms with Crippen molar-refractivity contribution in [2.24, 2.45) is 0 Å². The third-order valence-electron chi connectivity index (χ3n) is 6.71. The molecule has 2 aliphatic heterocycles. The molecule has 1 saturated heterocycles. The number of benzene rings is 1. The van der Waals surface area contributed by atoms with E-state index in [-0.39, 0.29) is 11.5 Å². The molecule has 162 valence electrons. The molecule has 0 spiro atoms. The van der Waals surface area contributed by atoms with Gasteiger partial charge in [0.15, 0.2) is 0 Å². The first-order valence-corrected chi connectivity index (χ1v) is 11.7. The van der Waals surface area contributed by atoms with Crippen molar-refractivity contribution in [3.05, 3.63) is 39.9 Å². The van der Waals surface area contributed by atoms with E-state index in [4.69, 9.17) is 4.98 Å². The molecule has 30 heavy (non-hydrogen) atoms. The van der Waals surface area contributed by atoms with Gasteiger partial charge in [-0.3, -0.25) is 14.2 Å². The molecule has 2 aliphatic rings. The summed E-state index contributed by atoms with van der Waals surface area (Å²) in [5.74, 6) is 0.772. The molecule has 0 bridgehead atoms. The highest BCUT2D eigenvalue weighted by Gasteiger charge is 2.20. The Kier molecular flexibility index (Phi) is 6.82. The number of hydrogen-bond donors (Lipinski definition) is 1. The van der Waals surface area contributed by atoms with E-state index in [1.807, 2.05) is 4.57 Å². The molecule has 1 aromatic carbocycles. The maximum absolute atomic E-state index is 12.8. The molecular formula is C24H34N4O2. The van der Waals surface area contributed by atoms with Crippen molar-refractivity contribution < 1.29 is 4.79 Å². The van der Waals surface area contributed by atoms with Crippen LogP contribution < -0.4 is 10.9 Å². The van der Waals surface area contributed by atoms with Crippen LogP contribution in [0.5, 0.6) is 0 Å². The lowest BCUT2D eigenvalue weighted by Gasteiger charge is -2.35. The third kappa shape index (κ3) is 4.59. The molecule has 3 heterocycles. The van der Waals surface area contributed by atoms with Gasteiger partial charge in [0.1, 0.15) is 5.82 Å². The van der Waals surface area contributed by atoms with Crippen molar-refractivity contribution in [1.82, 2.24) is 19.8 Å². The zero-order valence-corrected chi connectivity index (χ0v) is 18.2. The zero-order chi connectivity index (χ0) is 20.9. The number of likely N-dealkylation sites (tertiary alicyclic amines) is 1. The van der Waals surface area contributed by atoms with E-state index in [9.17, 15) is 9.59 Å². The Bertz CT molecular complexity index is 952. The Morgan fingerprint density at radius 1 is 1.17 bits per heavy atom. The van der Waals surface area contributed by atoms with Crippen molar-refractivity contribution in [2.45, 2.75) is 77.3 Å². The van der Waals surface area contributed by atoms with Crippen LogP contribution in [0.3, 0.4) is 0 Å². The van der Waals surface area contributed by atoms with Crippen molar-refractivity contribution in [1.29, 1.82) is 0 Å². The monoisotopic (exact) mass is 410 g/mol. The van der Waals surface area contributed by atoms with E-state index in [0.29, 0.717) is 29.1 Å². The average Bonchev–Trinajstić information content (AvgIpc) is 3.02. The Labute approximate surface area is 178 Å². The van der Waals surface area contributed by atoms with E-state index in [1.165, 1.54) is 32.2 Å². The topological polar surface area (TPSA) is 67.2 Å². The zero-order valence-electron chi connectivity index (χ0n) is 18.2. The number of carbonyl (C=O) groups is 1. The normalized spacial score (nSPS) is 20.0. The fraction of sp³-hybridized carbons (Fsp3) is 0.625. The first kappa shape index (κ1) is 21.0. The third-order valence-corrected chi connectivity index (χ3v) is 6.71. The van der Waals surface area contributed by atoms with Crippen LogP contribution in [0.4, 0.5) is 0 Å². The Balaban J connectivity index is 1.39. The highest BCUT2D eigenvalue weighted by Crippen LogP contribution is 2.19. The lowest BCUT2D eigenvalue weighted by atomic mass is 10.00. The fourth-order valence-electron chi connectivity index (χ4n) is 4.96. The van der Waals surface area contributed by atoms with Gasteiger partial charge < -0.3 is 10.2 Å². The number of amides is 1. The molecule has 1 atom stereocenters. The van der Waals surface area contributed by atoms with Crippen LogP contribution in [0.1, 0.15) is 74.5 Å². The van der Waals surface area contributed by atoms with Crippen LogP contribution >= 0.6 is 0 Å². The van der Waals surface area contributed by atoms with Gasteiger partial charge in [-0.25, -0.2) is 4.98 Å². The van der Waals surface area contributed by atoms with Gasteiger partial charge in [-0.1, -0.05) is 19.8 Å². The van der Waals surface area contributed by atoms with Gasteiger partial charge >= 0.3 is 0 Å². The lowest BCUT2D eigenvalue weighted by Crippen LogP contribution is -2.40. The highest BCUT2D eigenvalue weighted by atomic mass is 16.1. The minimum atomic E-state index is -0.0839. The molecule has 1 N–H and O–H groups in total. The van der Waals surface area contributed by atoms with Crippen molar-refractivity contribution in [3.8, 4) is 0 Å². The summed E-state index contributed by atoms with van der Waals surface area (Å²) in [6.07, 6.45) is 10.1. The molecule has 0 aliphatic carbocycles.